The molecule has 0 fully saturated rings. The van der Waals surface area contributed by atoms with Crippen LogP contribution in [0.2, 0.25) is 5.02 Å². The zero-order chi connectivity index (χ0) is 14.7. The number of rotatable bonds is 3. The quantitative estimate of drug-likeness (QED) is 0.823. The number of amides is 1. The van der Waals surface area contributed by atoms with Gasteiger partial charge in [0.05, 0.1) is 6.04 Å². The van der Waals surface area contributed by atoms with E-state index in [0.717, 1.165) is 5.56 Å². The molecule has 1 aromatic carbocycles. The largest absolute Gasteiger partial charge is 0.334 e. The van der Waals surface area contributed by atoms with Gasteiger partial charge in [0.15, 0.2) is 0 Å². The Hall–Kier alpha value is -1.39. The summed E-state index contributed by atoms with van der Waals surface area (Å²) in [5, 5.41) is 0.661. The minimum atomic E-state index is -0.134. The van der Waals surface area contributed by atoms with Crippen LogP contribution in [0.4, 0.5) is 0 Å². The van der Waals surface area contributed by atoms with Crippen LogP contribution in [0.5, 0.6) is 0 Å². The first-order chi connectivity index (χ1) is 9.50. The lowest BCUT2D eigenvalue weighted by Crippen LogP contribution is -2.30. The maximum Gasteiger partial charge on any atom is 0.273 e. The van der Waals surface area contributed by atoms with Crippen LogP contribution in [0, 0.1) is 0 Å². The van der Waals surface area contributed by atoms with Crippen molar-refractivity contribution in [2.45, 2.75) is 13.0 Å². The molecule has 1 atom stereocenters. The van der Waals surface area contributed by atoms with Gasteiger partial charge in [0, 0.05) is 22.7 Å². The summed E-state index contributed by atoms with van der Waals surface area (Å²) in [6, 6.07) is 11.0. The lowest BCUT2D eigenvalue weighted by Gasteiger charge is -2.25. The molecule has 0 saturated heterocycles. The number of nitrogens with zero attached hydrogens (tertiary/aromatic N) is 2. The molecular formula is C15H14BrClN2O. The molecule has 0 aliphatic rings. The maximum atomic E-state index is 12.5. The molecule has 5 heteroatoms. The van der Waals surface area contributed by atoms with Crippen molar-refractivity contribution in [3.05, 3.63) is 63.3 Å². The van der Waals surface area contributed by atoms with Gasteiger partial charge >= 0.3 is 0 Å². The van der Waals surface area contributed by atoms with Gasteiger partial charge in [-0.15, -0.1) is 0 Å². The van der Waals surface area contributed by atoms with Crippen LogP contribution < -0.4 is 0 Å². The molecule has 1 heterocycles. The fourth-order valence-electron chi connectivity index (χ4n) is 1.88. The SMILES string of the molecule is CC(c1cccc(Cl)c1)N(C)C(=O)c1ncccc1Br. The summed E-state index contributed by atoms with van der Waals surface area (Å²) in [5.74, 6) is -0.134. The smallest absolute Gasteiger partial charge is 0.273 e. The second kappa shape index (κ2) is 6.37. The van der Waals surface area contributed by atoms with Crippen molar-refractivity contribution in [1.29, 1.82) is 0 Å². The minimum absolute atomic E-state index is 0.0879. The Bertz CT molecular complexity index is 633. The molecule has 0 radical (unpaired) electrons. The number of halogens is 2. The molecular weight excluding hydrogens is 340 g/mol. The van der Waals surface area contributed by atoms with Crippen molar-refractivity contribution in [2.24, 2.45) is 0 Å². The molecule has 2 aromatic rings. The molecule has 0 aliphatic heterocycles. The van der Waals surface area contributed by atoms with Gasteiger partial charge in [-0.2, -0.15) is 0 Å². The third kappa shape index (κ3) is 3.19. The van der Waals surface area contributed by atoms with Crippen molar-refractivity contribution in [1.82, 2.24) is 9.88 Å². The first-order valence-electron chi connectivity index (χ1n) is 6.14. The van der Waals surface area contributed by atoms with Gasteiger partial charge < -0.3 is 4.90 Å². The standard InChI is InChI=1S/C15H14BrClN2O/c1-10(11-5-3-6-12(17)9-11)19(2)15(20)14-13(16)7-4-8-18-14/h3-10H,1-2H3. The molecule has 1 aromatic heterocycles. The monoisotopic (exact) mass is 352 g/mol. The van der Waals surface area contributed by atoms with E-state index in [1.807, 2.05) is 31.2 Å². The molecule has 2 rings (SSSR count). The highest BCUT2D eigenvalue weighted by molar-refractivity contribution is 9.10. The second-order valence-corrected chi connectivity index (χ2v) is 5.77. The van der Waals surface area contributed by atoms with Crippen LogP contribution in [0.1, 0.15) is 29.0 Å². The molecule has 0 spiro atoms. The van der Waals surface area contributed by atoms with Crippen LogP contribution in [-0.4, -0.2) is 22.8 Å². The second-order valence-electron chi connectivity index (χ2n) is 4.48. The van der Waals surface area contributed by atoms with Crippen molar-refractivity contribution < 1.29 is 4.79 Å². The number of benzene rings is 1. The number of hydrogen-bond acceptors (Lipinski definition) is 2. The van der Waals surface area contributed by atoms with Gasteiger partial charge in [0.25, 0.3) is 5.91 Å². The topological polar surface area (TPSA) is 33.2 Å². The van der Waals surface area contributed by atoms with E-state index in [0.29, 0.717) is 15.2 Å². The average molecular weight is 354 g/mol. The molecule has 0 saturated carbocycles. The predicted molar refractivity (Wildman–Crippen MR) is 83.9 cm³/mol. The van der Waals surface area contributed by atoms with Crippen molar-refractivity contribution in [3.8, 4) is 0 Å². The Balaban J connectivity index is 2.25. The zero-order valence-corrected chi connectivity index (χ0v) is 13.5. The first kappa shape index (κ1) is 15.0. The molecule has 3 nitrogen and oxygen atoms in total. The summed E-state index contributed by atoms with van der Waals surface area (Å²) < 4.78 is 0.690. The van der Waals surface area contributed by atoms with Crippen LogP contribution >= 0.6 is 27.5 Å². The van der Waals surface area contributed by atoms with Gasteiger partial charge in [0.2, 0.25) is 0 Å². The molecule has 1 amide bonds. The Morgan fingerprint density at radius 3 is 2.75 bits per heavy atom. The Morgan fingerprint density at radius 2 is 2.10 bits per heavy atom. The highest BCUT2D eigenvalue weighted by atomic mass is 79.9. The van der Waals surface area contributed by atoms with Crippen LogP contribution in [0.3, 0.4) is 0 Å². The van der Waals surface area contributed by atoms with E-state index in [1.54, 1.807) is 30.3 Å². The summed E-state index contributed by atoms with van der Waals surface area (Å²) >= 11 is 9.34. The third-order valence-corrected chi connectivity index (χ3v) is 4.07. The Morgan fingerprint density at radius 1 is 1.35 bits per heavy atom. The van der Waals surface area contributed by atoms with E-state index in [4.69, 9.17) is 11.6 Å². The van der Waals surface area contributed by atoms with E-state index >= 15 is 0 Å². The van der Waals surface area contributed by atoms with E-state index in [2.05, 4.69) is 20.9 Å². The lowest BCUT2D eigenvalue weighted by molar-refractivity contribution is 0.0735. The molecule has 0 aliphatic carbocycles. The third-order valence-electron chi connectivity index (χ3n) is 3.19. The molecule has 20 heavy (non-hydrogen) atoms. The first-order valence-corrected chi connectivity index (χ1v) is 7.31. The summed E-state index contributed by atoms with van der Waals surface area (Å²) in [6.45, 7) is 1.96. The highest BCUT2D eigenvalue weighted by Gasteiger charge is 2.21. The van der Waals surface area contributed by atoms with Crippen molar-refractivity contribution in [3.63, 3.8) is 0 Å². The number of hydrogen-bond donors (Lipinski definition) is 0. The van der Waals surface area contributed by atoms with E-state index in [9.17, 15) is 4.79 Å². The number of carbonyl (C=O) groups excluding carboxylic acids is 1. The summed E-state index contributed by atoms with van der Waals surface area (Å²) in [6.07, 6.45) is 1.61. The van der Waals surface area contributed by atoms with Crippen LogP contribution in [0.25, 0.3) is 0 Å². The summed E-state index contributed by atoms with van der Waals surface area (Å²) in [4.78, 5) is 18.2. The highest BCUT2D eigenvalue weighted by Crippen LogP contribution is 2.24. The van der Waals surface area contributed by atoms with E-state index in [1.165, 1.54) is 0 Å². The number of carbonyl (C=O) groups is 1. The van der Waals surface area contributed by atoms with Gasteiger partial charge in [-0.1, -0.05) is 23.7 Å². The van der Waals surface area contributed by atoms with Gasteiger partial charge in [-0.3, -0.25) is 4.79 Å². The summed E-state index contributed by atoms with van der Waals surface area (Å²) in [5.41, 5.74) is 1.39. The van der Waals surface area contributed by atoms with Gasteiger partial charge in [-0.25, -0.2) is 4.98 Å². The molecule has 1 unspecified atom stereocenters. The average Bonchev–Trinajstić information content (AvgIpc) is 2.45. The van der Waals surface area contributed by atoms with Crippen molar-refractivity contribution >= 4 is 33.4 Å². The fraction of sp³-hybridized carbons (Fsp3) is 0.200. The van der Waals surface area contributed by atoms with Gasteiger partial charge in [0.1, 0.15) is 5.69 Å². The lowest BCUT2D eigenvalue weighted by atomic mass is 10.1. The molecule has 0 bridgehead atoms. The fourth-order valence-corrected chi connectivity index (χ4v) is 2.50. The van der Waals surface area contributed by atoms with Crippen LogP contribution in [-0.2, 0) is 0 Å². The number of pyridine rings is 1. The maximum absolute atomic E-state index is 12.5. The normalized spacial score (nSPS) is 12.0. The zero-order valence-electron chi connectivity index (χ0n) is 11.2. The van der Waals surface area contributed by atoms with E-state index in [-0.39, 0.29) is 11.9 Å². The minimum Gasteiger partial charge on any atom is -0.334 e. The predicted octanol–water partition coefficient (Wildman–Crippen LogP) is 4.33. The molecule has 0 N–H and O–H groups in total. The molecule has 104 valence electrons. The van der Waals surface area contributed by atoms with Gasteiger partial charge in [-0.05, 0) is 52.7 Å². The summed E-state index contributed by atoms with van der Waals surface area (Å²) in [7, 11) is 1.76. The van der Waals surface area contributed by atoms with E-state index < -0.39 is 0 Å². The van der Waals surface area contributed by atoms with Crippen molar-refractivity contribution in [2.75, 3.05) is 7.05 Å². The number of aromatic nitrogens is 1. The van der Waals surface area contributed by atoms with Crippen LogP contribution in [0.15, 0.2) is 47.1 Å². The Kier molecular flexibility index (Phi) is 4.78. The Labute approximate surface area is 131 Å².